The van der Waals surface area contributed by atoms with Gasteiger partial charge in [0.1, 0.15) is 5.69 Å². The third-order valence-corrected chi connectivity index (χ3v) is 2.97. The highest BCUT2D eigenvalue weighted by molar-refractivity contribution is 5.53. The lowest BCUT2D eigenvalue weighted by Crippen LogP contribution is -2.45. The van der Waals surface area contributed by atoms with Crippen LogP contribution in [-0.2, 0) is 0 Å². The smallest absolute Gasteiger partial charge is 0.150 e. The Labute approximate surface area is 98.9 Å². The molecule has 1 saturated heterocycles. The van der Waals surface area contributed by atoms with Gasteiger partial charge in [-0.05, 0) is 19.2 Å². The van der Waals surface area contributed by atoms with Crippen molar-refractivity contribution in [2.24, 2.45) is 0 Å². The Bertz CT molecular complexity index is 436. The number of halogens is 2. The van der Waals surface area contributed by atoms with Crippen molar-refractivity contribution in [2.45, 2.75) is 0 Å². The maximum atomic E-state index is 13.7. The van der Waals surface area contributed by atoms with Crippen LogP contribution in [0.2, 0.25) is 0 Å². The lowest BCUT2D eigenvalue weighted by molar-refractivity contribution is 0.310. The number of hydrogen-bond donors (Lipinski definition) is 0. The Balaban J connectivity index is 2.30. The first-order valence-electron chi connectivity index (χ1n) is 5.44. The summed E-state index contributed by atoms with van der Waals surface area (Å²) >= 11 is 0. The summed E-state index contributed by atoms with van der Waals surface area (Å²) in [6.07, 6.45) is 0. The zero-order valence-electron chi connectivity index (χ0n) is 9.58. The van der Waals surface area contributed by atoms with Crippen molar-refractivity contribution in [1.82, 2.24) is 4.90 Å². The Morgan fingerprint density at radius 1 is 1.12 bits per heavy atom. The van der Waals surface area contributed by atoms with E-state index < -0.39 is 11.6 Å². The summed E-state index contributed by atoms with van der Waals surface area (Å²) in [5.74, 6) is -1.32. The van der Waals surface area contributed by atoms with Crippen LogP contribution >= 0.6 is 0 Å². The van der Waals surface area contributed by atoms with Crippen LogP contribution < -0.4 is 4.90 Å². The van der Waals surface area contributed by atoms with Crippen LogP contribution in [0.1, 0.15) is 5.56 Å². The molecule has 0 saturated carbocycles. The summed E-state index contributed by atoms with van der Waals surface area (Å²) in [4.78, 5) is 3.79. The van der Waals surface area contributed by atoms with Gasteiger partial charge in [-0.25, -0.2) is 8.78 Å². The fraction of sp³-hybridized carbons (Fsp3) is 0.417. The molecule has 1 heterocycles. The van der Waals surface area contributed by atoms with Gasteiger partial charge in [0, 0.05) is 26.2 Å². The van der Waals surface area contributed by atoms with Crippen LogP contribution in [0.4, 0.5) is 14.5 Å². The Kier molecular flexibility index (Phi) is 3.25. The van der Waals surface area contributed by atoms with Crippen molar-refractivity contribution < 1.29 is 8.78 Å². The SMILES string of the molecule is CN1CCN(c2c(F)cc(C#N)cc2F)CC1. The molecule has 1 aliphatic rings. The monoisotopic (exact) mass is 237 g/mol. The van der Waals surface area contributed by atoms with Gasteiger partial charge in [0.2, 0.25) is 0 Å². The van der Waals surface area contributed by atoms with Crippen LogP contribution in [0, 0.1) is 23.0 Å². The summed E-state index contributed by atoms with van der Waals surface area (Å²) in [6.45, 7) is 2.74. The molecule has 1 aliphatic heterocycles. The molecule has 0 N–H and O–H groups in total. The van der Waals surface area contributed by atoms with E-state index in [9.17, 15) is 8.78 Å². The van der Waals surface area contributed by atoms with E-state index in [4.69, 9.17) is 5.26 Å². The molecule has 1 fully saturated rings. The number of hydrogen-bond acceptors (Lipinski definition) is 3. The van der Waals surface area contributed by atoms with Crippen molar-refractivity contribution in [3.05, 3.63) is 29.3 Å². The summed E-state index contributed by atoms with van der Waals surface area (Å²) in [5, 5.41) is 8.62. The molecule has 0 amide bonds. The Morgan fingerprint density at radius 3 is 2.12 bits per heavy atom. The van der Waals surface area contributed by atoms with E-state index in [-0.39, 0.29) is 11.3 Å². The van der Waals surface area contributed by atoms with Crippen LogP contribution in [0.3, 0.4) is 0 Å². The maximum Gasteiger partial charge on any atom is 0.150 e. The molecule has 1 aromatic carbocycles. The van der Waals surface area contributed by atoms with Crippen molar-refractivity contribution in [1.29, 1.82) is 5.26 Å². The molecule has 0 spiro atoms. The van der Waals surface area contributed by atoms with Crippen LogP contribution in [0.25, 0.3) is 0 Å². The van der Waals surface area contributed by atoms with Crippen LogP contribution in [0.15, 0.2) is 12.1 Å². The second-order valence-electron chi connectivity index (χ2n) is 4.19. The van der Waals surface area contributed by atoms with Crippen LogP contribution in [-0.4, -0.2) is 38.1 Å². The zero-order valence-corrected chi connectivity index (χ0v) is 9.58. The van der Waals surface area contributed by atoms with Crippen molar-refractivity contribution in [2.75, 3.05) is 38.1 Å². The number of nitriles is 1. The maximum absolute atomic E-state index is 13.7. The quantitative estimate of drug-likeness (QED) is 0.743. The van der Waals surface area contributed by atoms with E-state index in [1.807, 2.05) is 7.05 Å². The fourth-order valence-corrected chi connectivity index (χ4v) is 1.96. The van der Waals surface area contributed by atoms with Gasteiger partial charge < -0.3 is 9.80 Å². The number of rotatable bonds is 1. The molecular weight excluding hydrogens is 224 g/mol. The molecule has 0 unspecified atom stereocenters. The lowest BCUT2D eigenvalue weighted by atomic mass is 10.1. The molecule has 0 aromatic heterocycles. The molecule has 0 bridgehead atoms. The molecule has 1 aromatic rings. The van der Waals surface area contributed by atoms with E-state index in [1.165, 1.54) is 0 Å². The van der Waals surface area contributed by atoms with Gasteiger partial charge >= 0.3 is 0 Å². The first-order chi connectivity index (χ1) is 8.11. The minimum absolute atomic E-state index is 0.0119. The normalized spacial score (nSPS) is 16.9. The van der Waals surface area contributed by atoms with Crippen molar-refractivity contribution in [3.63, 3.8) is 0 Å². The predicted molar refractivity (Wildman–Crippen MR) is 60.8 cm³/mol. The van der Waals surface area contributed by atoms with Gasteiger partial charge in [0.25, 0.3) is 0 Å². The second-order valence-corrected chi connectivity index (χ2v) is 4.19. The lowest BCUT2D eigenvalue weighted by Gasteiger charge is -2.34. The first kappa shape index (κ1) is 11.8. The molecule has 0 aliphatic carbocycles. The number of benzene rings is 1. The number of piperazine rings is 1. The number of nitrogens with zero attached hydrogens (tertiary/aromatic N) is 3. The molecule has 17 heavy (non-hydrogen) atoms. The highest BCUT2D eigenvalue weighted by Gasteiger charge is 2.21. The van der Waals surface area contributed by atoms with Crippen molar-refractivity contribution >= 4 is 5.69 Å². The molecule has 5 heteroatoms. The first-order valence-corrected chi connectivity index (χ1v) is 5.44. The largest absolute Gasteiger partial charge is 0.364 e. The summed E-state index contributed by atoms with van der Waals surface area (Å²) in [5.41, 5.74) is -0.00465. The highest BCUT2D eigenvalue weighted by atomic mass is 19.1. The average Bonchev–Trinajstić information content (AvgIpc) is 2.30. The topological polar surface area (TPSA) is 30.3 Å². The number of likely N-dealkylation sites (N-methyl/N-ethyl adjacent to an activating group) is 1. The average molecular weight is 237 g/mol. The van der Waals surface area contributed by atoms with E-state index >= 15 is 0 Å². The van der Waals surface area contributed by atoms with Gasteiger partial charge in [-0.15, -0.1) is 0 Å². The predicted octanol–water partition coefficient (Wildman–Crippen LogP) is 1.59. The van der Waals surface area contributed by atoms with E-state index in [2.05, 4.69) is 4.90 Å². The van der Waals surface area contributed by atoms with Crippen LogP contribution in [0.5, 0.6) is 0 Å². The highest BCUT2D eigenvalue weighted by Crippen LogP contribution is 2.25. The van der Waals surface area contributed by atoms with Crippen molar-refractivity contribution in [3.8, 4) is 6.07 Å². The summed E-state index contributed by atoms with van der Waals surface area (Å²) in [7, 11) is 1.98. The Morgan fingerprint density at radius 2 is 1.65 bits per heavy atom. The molecular formula is C12H13F2N3. The van der Waals surface area contributed by atoms with E-state index in [0.717, 1.165) is 25.2 Å². The third-order valence-electron chi connectivity index (χ3n) is 2.97. The van der Waals surface area contributed by atoms with Gasteiger partial charge in [-0.1, -0.05) is 0 Å². The van der Waals surface area contributed by atoms with Gasteiger partial charge in [0.15, 0.2) is 11.6 Å². The second kappa shape index (κ2) is 4.68. The summed E-state index contributed by atoms with van der Waals surface area (Å²) in [6, 6.07) is 3.90. The zero-order chi connectivity index (χ0) is 12.4. The van der Waals surface area contributed by atoms with Gasteiger partial charge in [0.05, 0.1) is 11.6 Å². The standard InChI is InChI=1S/C12H13F2N3/c1-16-2-4-17(5-3-16)12-10(13)6-9(8-15)7-11(12)14/h6-7H,2-5H2,1H3. The minimum atomic E-state index is -0.661. The fourth-order valence-electron chi connectivity index (χ4n) is 1.96. The molecule has 90 valence electrons. The van der Waals surface area contributed by atoms with E-state index in [0.29, 0.717) is 13.1 Å². The van der Waals surface area contributed by atoms with Gasteiger partial charge in [-0.3, -0.25) is 0 Å². The Hall–Kier alpha value is -1.67. The minimum Gasteiger partial charge on any atom is -0.364 e. The molecule has 0 atom stereocenters. The third kappa shape index (κ3) is 2.37. The molecule has 2 rings (SSSR count). The molecule has 0 radical (unpaired) electrons. The summed E-state index contributed by atoms with van der Waals surface area (Å²) < 4.78 is 27.5. The van der Waals surface area contributed by atoms with E-state index in [1.54, 1.807) is 11.0 Å². The molecule has 3 nitrogen and oxygen atoms in total. The van der Waals surface area contributed by atoms with Gasteiger partial charge in [-0.2, -0.15) is 5.26 Å². The number of anilines is 1.